The normalized spacial score (nSPS) is 25.3. The Labute approximate surface area is 168 Å². The zero-order valence-electron chi connectivity index (χ0n) is 17.6. The van der Waals surface area contributed by atoms with Crippen molar-refractivity contribution >= 4 is 15.7 Å². The number of sulfone groups is 1. The number of likely N-dealkylation sites (tertiary alicyclic amines) is 1. The number of nitrogens with zero attached hydrogens (tertiary/aromatic N) is 3. The molecule has 0 bridgehead atoms. The van der Waals surface area contributed by atoms with E-state index in [-0.39, 0.29) is 35.9 Å². The first kappa shape index (κ1) is 21.3. The van der Waals surface area contributed by atoms with Crippen LogP contribution in [-0.4, -0.2) is 65.7 Å². The first-order valence-corrected chi connectivity index (χ1v) is 12.2. The largest absolute Gasteiger partial charge is 0.350 e. The summed E-state index contributed by atoms with van der Waals surface area (Å²) >= 11 is 0. The lowest BCUT2D eigenvalue weighted by atomic mass is 10.0. The van der Waals surface area contributed by atoms with Gasteiger partial charge in [-0.05, 0) is 45.7 Å². The van der Waals surface area contributed by atoms with Crippen LogP contribution in [0.3, 0.4) is 0 Å². The van der Waals surface area contributed by atoms with Crippen molar-refractivity contribution in [2.75, 3.05) is 24.6 Å². The van der Waals surface area contributed by atoms with Crippen molar-refractivity contribution in [1.29, 1.82) is 0 Å². The van der Waals surface area contributed by atoms with Gasteiger partial charge in [0.15, 0.2) is 9.84 Å². The molecular formula is C20H34N4O3S. The molecule has 158 valence electrons. The summed E-state index contributed by atoms with van der Waals surface area (Å²) in [4.78, 5) is 15.0. The van der Waals surface area contributed by atoms with Gasteiger partial charge in [-0.1, -0.05) is 20.3 Å². The molecule has 2 aliphatic heterocycles. The Bertz CT molecular complexity index is 810. The van der Waals surface area contributed by atoms with Gasteiger partial charge in [0, 0.05) is 23.8 Å². The maximum Gasteiger partial charge on any atom is 0.224 e. The molecule has 0 saturated carbocycles. The Hall–Kier alpha value is -1.41. The molecule has 3 rings (SSSR count). The number of aryl methyl sites for hydroxylation is 1. The molecule has 0 aromatic carbocycles. The average molecular weight is 411 g/mol. The fraction of sp³-hybridized carbons (Fsp3) is 0.800. The van der Waals surface area contributed by atoms with E-state index < -0.39 is 9.84 Å². The van der Waals surface area contributed by atoms with Crippen LogP contribution in [0.1, 0.15) is 50.1 Å². The number of nitrogens with one attached hydrogen (secondary N) is 1. The second kappa shape index (κ2) is 8.53. The van der Waals surface area contributed by atoms with Gasteiger partial charge in [0.2, 0.25) is 5.91 Å². The lowest BCUT2D eigenvalue weighted by molar-refractivity contribution is -0.121. The topological polar surface area (TPSA) is 84.3 Å². The van der Waals surface area contributed by atoms with E-state index in [2.05, 4.69) is 29.2 Å². The Kier molecular flexibility index (Phi) is 6.49. The Morgan fingerprint density at radius 1 is 1.18 bits per heavy atom. The average Bonchev–Trinajstić information content (AvgIpc) is 3.05. The van der Waals surface area contributed by atoms with Gasteiger partial charge in [0.05, 0.1) is 29.7 Å². The number of rotatable bonds is 6. The van der Waals surface area contributed by atoms with E-state index in [1.54, 1.807) is 0 Å². The van der Waals surface area contributed by atoms with Crippen LogP contribution in [0.4, 0.5) is 0 Å². The molecule has 8 heteroatoms. The molecule has 2 atom stereocenters. The van der Waals surface area contributed by atoms with Gasteiger partial charge >= 0.3 is 0 Å². The maximum atomic E-state index is 12.8. The maximum absolute atomic E-state index is 12.8. The molecule has 0 aliphatic carbocycles. The van der Waals surface area contributed by atoms with E-state index in [9.17, 15) is 13.2 Å². The highest BCUT2D eigenvalue weighted by Crippen LogP contribution is 2.23. The number of aromatic nitrogens is 2. The fourth-order valence-electron chi connectivity index (χ4n) is 4.51. The second-order valence-corrected chi connectivity index (χ2v) is 11.0. The lowest BCUT2D eigenvalue weighted by Gasteiger charge is -2.35. The van der Waals surface area contributed by atoms with Crippen molar-refractivity contribution in [3.8, 4) is 0 Å². The van der Waals surface area contributed by atoms with Crippen LogP contribution in [0.5, 0.6) is 0 Å². The van der Waals surface area contributed by atoms with Gasteiger partial charge in [-0.15, -0.1) is 0 Å². The van der Waals surface area contributed by atoms with E-state index in [0.29, 0.717) is 5.92 Å². The van der Waals surface area contributed by atoms with E-state index >= 15 is 0 Å². The zero-order chi connectivity index (χ0) is 20.5. The van der Waals surface area contributed by atoms with Crippen molar-refractivity contribution in [2.45, 2.75) is 72.0 Å². The molecule has 1 amide bonds. The summed E-state index contributed by atoms with van der Waals surface area (Å²) in [5.74, 6) is 0.570. The Morgan fingerprint density at radius 2 is 1.86 bits per heavy atom. The third kappa shape index (κ3) is 4.95. The standard InChI is InChI=1S/C20H34N4O3S/c1-14(2)11-24-16(4)17(15(3)22-24)10-20(25)21-18-12-28(26,27)13-19(18)23-8-6-5-7-9-23/h14,18-19H,5-13H2,1-4H3,(H,21,25). The molecule has 2 fully saturated rings. The quantitative estimate of drug-likeness (QED) is 0.768. The number of piperidine rings is 1. The first-order chi connectivity index (χ1) is 13.2. The summed E-state index contributed by atoms with van der Waals surface area (Å²) < 4.78 is 26.5. The molecule has 0 spiro atoms. The molecule has 0 radical (unpaired) electrons. The lowest BCUT2D eigenvalue weighted by Crippen LogP contribution is -2.52. The van der Waals surface area contributed by atoms with Crippen LogP contribution in [0.25, 0.3) is 0 Å². The van der Waals surface area contributed by atoms with Crippen LogP contribution >= 0.6 is 0 Å². The van der Waals surface area contributed by atoms with E-state index in [1.807, 2.05) is 18.5 Å². The van der Waals surface area contributed by atoms with Crippen LogP contribution in [0.15, 0.2) is 0 Å². The van der Waals surface area contributed by atoms with Crippen LogP contribution < -0.4 is 5.32 Å². The van der Waals surface area contributed by atoms with Crippen molar-refractivity contribution in [3.05, 3.63) is 17.0 Å². The highest BCUT2D eigenvalue weighted by atomic mass is 32.2. The summed E-state index contributed by atoms with van der Waals surface area (Å²) in [6.45, 7) is 10.9. The fourth-order valence-corrected chi connectivity index (χ4v) is 6.46. The summed E-state index contributed by atoms with van der Waals surface area (Å²) in [6, 6.07) is -0.415. The molecule has 7 nitrogen and oxygen atoms in total. The minimum atomic E-state index is -3.11. The van der Waals surface area contributed by atoms with Gasteiger partial charge in [0.25, 0.3) is 0 Å². The number of hydrogen-bond acceptors (Lipinski definition) is 5. The van der Waals surface area contributed by atoms with E-state index in [1.165, 1.54) is 6.42 Å². The monoisotopic (exact) mass is 410 g/mol. The third-order valence-electron chi connectivity index (χ3n) is 5.94. The van der Waals surface area contributed by atoms with Crippen LogP contribution in [-0.2, 0) is 27.6 Å². The van der Waals surface area contributed by atoms with E-state index in [4.69, 9.17) is 0 Å². The minimum Gasteiger partial charge on any atom is -0.350 e. The highest BCUT2D eigenvalue weighted by Gasteiger charge is 2.41. The number of hydrogen-bond donors (Lipinski definition) is 1. The minimum absolute atomic E-state index is 0.0461. The zero-order valence-corrected chi connectivity index (χ0v) is 18.4. The molecule has 2 aliphatic rings. The molecule has 2 saturated heterocycles. The van der Waals surface area contributed by atoms with Gasteiger partial charge in [-0.3, -0.25) is 14.4 Å². The van der Waals surface area contributed by atoms with Crippen molar-refractivity contribution in [2.24, 2.45) is 5.92 Å². The van der Waals surface area contributed by atoms with Crippen molar-refractivity contribution in [3.63, 3.8) is 0 Å². The van der Waals surface area contributed by atoms with Gasteiger partial charge in [-0.2, -0.15) is 5.10 Å². The SMILES string of the molecule is Cc1nn(CC(C)C)c(C)c1CC(=O)NC1CS(=O)(=O)CC1N1CCCCC1. The molecule has 2 unspecified atom stereocenters. The third-order valence-corrected chi connectivity index (χ3v) is 7.65. The van der Waals surface area contributed by atoms with Crippen molar-refractivity contribution in [1.82, 2.24) is 20.0 Å². The highest BCUT2D eigenvalue weighted by molar-refractivity contribution is 7.91. The predicted octanol–water partition coefficient (Wildman–Crippen LogP) is 1.47. The van der Waals surface area contributed by atoms with Gasteiger partial charge in [0.1, 0.15) is 0 Å². The van der Waals surface area contributed by atoms with Crippen molar-refractivity contribution < 1.29 is 13.2 Å². The number of carbonyl (C=O) groups excluding carboxylic acids is 1. The first-order valence-electron chi connectivity index (χ1n) is 10.4. The van der Waals surface area contributed by atoms with Gasteiger partial charge in [-0.25, -0.2) is 8.42 Å². The Balaban J connectivity index is 1.69. The molecule has 1 N–H and O–H groups in total. The van der Waals surface area contributed by atoms with Crippen LogP contribution in [0, 0.1) is 19.8 Å². The number of amides is 1. The summed E-state index contributed by atoms with van der Waals surface area (Å²) in [5.41, 5.74) is 2.85. The molecule has 3 heterocycles. The second-order valence-electron chi connectivity index (χ2n) is 8.82. The molecular weight excluding hydrogens is 376 g/mol. The predicted molar refractivity (Wildman–Crippen MR) is 110 cm³/mol. The Morgan fingerprint density at radius 3 is 2.50 bits per heavy atom. The number of carbonyl (C=O) groups is 1. The van der Waals surface area contributed by atoms with Gasteiger partial charge < -0.3 is 5.32 Å². The van der Waals surface area contributed by atoms with E-state index in [0.717, 1.165) is 49.4 Å². The summed E-state index contributed by atoms with van der Waals surface area (Å²) in [6.07, 6.45) is 3.65. The molecule has 1 aromatic heterocycles. The molecule has 1 aromatic rings. The molecule has 28 heavy (non-hydrogen) atoms. The van der Waals surface area contributed by atoms with Crippen LogP contribution in [0.2, 0.25) is 0 Å². The smallest absolute Gasteiger partial charge is 0.224 e. The summed E-state index contributed by atoms with van der Waals surface area (Å²) in [5, 5.41) is 7.62. The summed E-state index contributed by atoms with van der Waals surface area (Å²) in [7, 11) is -3.11.